The van der Waals surface area contributed by atoms with E-state index in [0.29, 0.717) is 19.1 Å². The Hall–Kier alpha value is -1.39. The van der Waals surface area contributed by atoms with Gasteiger partial charge in [0.05, 0.1) is 13.2 Å². The Labute approximate surface area is 133 Å². The molecule has 4 nitrogen and oxygen atoms in total. The van der Waals surface area contributed by atoms with E-state index in [9.17, 15) is 0 Å². The van der Waals surface area contributed by atoms with E-state index in [-0.39, 0.29) is 0 Å². The molecule has 0 aromatic rings. The van der Waals surface area contributed by atoms with Crippen LogP contribution in [-0.4, -0.2) is 38.8 Å². The lowest BCUT2D eigenvalue weighted by atomic mass is 9.91. The van der Waals surface area contributed by atoms with Gasteiger partial charge in [-0.3, -0.25) is 4.99 Å². The highest BCUT2D eigenvalue weighted by atomic mass is 16.7. The van der Waals surface area contributed by atoms with E-state index in [2.05, 4.69) is 35.5 Å². The largest absolute Gasteiger partial charge is 0.384 e. The van der Waals surface area contributed by atoms with Gasteiger partial charge in [-0.05, 0) is 29.9 Å². The van der Waals surface area contributed by atoms with Crippen LogP contribution in [0.3, 0.4) is 0 Å². The zero-order chi connectivity index (χ0) is 15.4. The third-order valence-electron chi connectivity index (χ3n) is 4.60. The summed E-state index contributed by atoms with van der Waals surface area (Å²) in [7, 11) is 1.82. The van der Waals surface area contributed by atoms with Crippen molar-refractivity contribution >= 4 is 6.21 Å². The van der Waals surface area contributed by atoms with Crippen molar-refractivity contribution in [1.82, 2.24) is 5.32 Å². The smallest absolute Gasteiger partial charge is 0.172 e. The molecule has 0 saturated carbocycles. The van der Waals surface area contributed by atoms with Gasteiger partial charge >= 0.3 is 0 Å². The summed E-state index contributed by atoms with van der Waals surface area (Å²) < 4.78 is 11.7. The third-order valence-corrected chi connectivity index (χ3v) is 4.60. The lowest BCUT2D eigenvalue weighted by Gasteiger charge is -2.33. The van der Waals surface area contributed by atoms with Crippen LogP contribution >= 0.6 is 0 Å². The number of aliphatic imine (C=N–C) groups is 1. The molecule has 3 rings (SSSR count). The van der Waals surface area contributed by atoms with Crippen molar-refractivity contribution in [2.45, 2.75) is 38.4 Å². The van der Waals surface area contributed by atoms with Crippen LogP contribution < -0.4 is 5.32 Å². The third kappa shape index (κ3) is 3.50. The average molecular weight is 302 g/mol. The Bertz CT molecular complexity index is 525. The van der Waals surface area contributed by atoms with Gasteiger partial charge in [0.1, 0.15) is 0 Å². The molecule has 1 atom stereocenters. The maximum Gasteiger partial charge on any atom is 0.172 e. The highest BCUT2D eigenvalue weighted by molar-refractivity contribution is 5.80. The first kappa shape index (κ1) is 15.5. The van der Waals surface area contributed by atoms with Crippen LogP contribution in [0.2, 0.25) is 0 Å². The van der Waals surface area contributed by atoms with Crippen molar-refractivity contribution < 1.29 is 9.47 Å². The summed E-state index contributed by atoms with van der Waals surface area (Å²) in [4.78, 5) is 4.21. The summed E-state index contributed by atoms with van der Waals surface area (Å²) in [6, 6.07) is 0. The second-order valence-corrected chi connectivity index (χ2v) is 6.38. The number of nitrogens with zero attached hydrogens (tertiary/aromatic N) is 1. The fourth-order valence-corrected chi connectivity index (χ4v) is 3.30. The Kier molecular flexibility index (Phi) is 4.79. The van der Waals surface area contributed by atoms with Gasteiger partial charge in [0.25, 0.3) is 0 Å². The topological polar surface area (TPSA) is 42.9 Å². The molecule has 0 aromatic heterocycles. The van der Waals surface area contributed by atoms with E-state index < -0.39 is 5.79 Å². The highest BCUT2D eigenvalue weighted by Gasteiger charge is 2.40. The van der Waals surface area contributed by atoms with Gasteiger partial charge in [-0.25, -0.2) is 0 Å². The Morgan fingerprint density at radius 1 is 1.41 bits per heavy atom. The van der Waals surface area contributed by atoms with Crippen LogP contribution in [0.25, 0.3) is 0 Å². The van der Waals surface area contributed by atoms with Crippen molar-refractivity contribution in [1.29, 1.82) is 0 Å². The summed E-state index contributed by atoms with van der Waals surface area (Å²) in [5.41, 5.74) is 3.86. The molecule has 1 aliphatic heterocycles. The molecular formula is C18H26N2O2. The first-order valence-electron chi connectivity index (χ1n) is 8.24. The molecule has 1 unspecified atom stereocenters. The Balaban J connectivity index is 1.66. The van der Waals surface area contributed by atoms with Gasteiger partial charge in [0.15, 0.2) is 5.79 Å². The Morgan fingerprint density at radius 3 is 2.91 bits per heavy atom. The van der Waals surface area contributed by atoms with Gasteiger partial charge < -0.3 is 14.8 Å². The molecule has 0 amide bonds. The predicted octanol–water partition coefficient (Wildman–Crippen LogP) is 2.98. The van der Waals surface area contributed by atoms with Crippen LogP contribution in [0.5, 0.6) is 0 Å². The molecule has 1 spiro atoms. The van der Waals surface area contributed by atoms with Crippen LogP contribution in [0.4, 0.5) is 0 Å². The molecule has 1 N–H and O–H groups in total. The van der Waals surface area contributed by atoms with Gasteiger partial charge in [-0.15, -0.1) is 0 Å². The molecule has 0 radical (unpaired) electrons. The molecule has 22 heavy (non-hydrogen) atoms. The monoisotopic (exact) mass is 302 g/mol. The van der Waals surface area contributed by atoms with E-state index in [4.69, 9.17) is 9.47 Å². The average Bonchev–Trinajstić information content (AvgIpc) is 2.97. The van der Waals surface area contributed by atoms with E-state index >= 15 is 0 Å². The molecule has 4 heteroatoms. The number of allylic oxidation sites excluding steroid dienone is 3. The molecule has 1 heterocycles. The number of ether oxygens (including phenoxy) is 2. The standard InChI is InChI=1S/C18H26N2O2/c1-14-3-5-15(6-4-14)12-20-17-7-8-18(21-9-10-22-18)11-16(17)13-19-2/h3,5-6,13-14,20H,4,7-12H2,1-2H3. The highest BCUT2D eigenvalue weighted by Crippen LogP contribution is 2.37. The molecule has 120 valence electrons. The zero-order valence-electron chi connectivity index (χ0n) is 13.6. The van der Waals surface area contributed by atoms with Crippen LogP contribution in [-0.2, 0) is 9.47 Å². The maximum atomic E-state index is 5.84. The fraction of sp³-hybridized carbons (Fsp3) is 0.611. The van der Waals surface area contributed by atoms with Gasteiger partial charge in [-0.1, -0.05) is 25.2 Å². The SMILES string of the molecule is CN=CC1=C(NCC2=CCC(C)C=C2)CCC2(C1)OCCO2. The van der Waals surface area contributed by atoms with E-state index in [1.807, 2.05) is 13.3 Å². The van der Waals surface area contributed by atoms with Gasteiger partial charge in [0.2, 0.25) is 0 Å². The minimum Gasteiger partial charge on any atom is -0.384 e. The lowest BCUT2D eigenvalue weighted by Crippen LogP contribution is -2.36. The molecule has 0 bridgehead atoms. The van der Waals surface area contributed by atoms with Crippen molar-refractivity contribution in [3.05, 3.63) is 35.1 Å². The van der Waals surface area contributed by atoms with E-state index in [1.54, 1.807) is 0 Å². The summed E-state index contributed by atoms with van der Waals surface area (Å²) in [5, 5.41) is 3.61. The second kappa shape index (κ2) is 6.80. The second-order valence-electron chi connectivity index (χ2n) is 6.38. The predicted molar refractivity (Wildman–Crippen MR) is 88.9 cm³/mol. The summed E-state index contributed by atoms with van der Waals surface area (Å²) in [6.45, 7) is 4.54. The van der Waals surface area contributed by atoms with Crippen molar-refractivity contribution in [3.8, 4) is 0 Å². The molecular weight excluding hydrogens is 276 g/mol. The maximum absolute atomic E-state index is 5.84. The van der Waals surface area contributed by atoms with Gasteiger partial charge in [0, 0.05) is 38.3 Å². The number of hydrogen-bond acceptors (Lipinski definition) is 4. The van der Waals surface area contributed by atoms with Crippen molar-refractivity contribution in [3.63, 3.8) is 0 Å². The molecule has 1 saturated heterocycles. The Morgan fingerprint density at radius 2 is 2.23 bits per heavy atom. The fourth-order valence-electron chi connectivity index (χ4n) is 3.30. The molecule has 3 aliphatic rings. The number of rotatable bonds is 4. The molecule has 0 aromatic carbocycles. The summed E-state index contributed by atoms with van der Waals surface area (Å²) >= 11 is 0. The zero-order valence-corrected chi connectivity index (χ0v) is 13.6. The van der Waals surface area contributed by atoms with E-state index in [0.717, 1.165) is 32.2 Å². The quantitative estimate of drug-likeness (QED) is 0.812. The van der Waals surface area contributed by atoms with Gasteiger partial charge in [-0.2, -0.15) is 0 Å². The minimum atomic E-state index is -0.402. The summed E-state index contributed by atoms with van der Waals surface area (Å²) in [5.74, 6) is 0.262. The summed E-state index contributed by atoms with van der Waals surface area (Å²) in [6.07, 6.45) is 12.6. The van der Waals surface area contributed by atoms with Crippen LogP contribution in [0, 0.1) is 5.92 Å². The first-order valence-corrected chi connectivity index (χ1v) is 8.24. The number of nitrogens with one attached hydrogen (secondary N) is 1. The van der Waals surface area contributed by atoms with E-state index in [1.165, 1.54) is 16.8 Å². The first-order chi connectivity index (χ1) is 10.7. The minimum absolute atomic E-state index is 0.402. The molecule has 1 fully saturated rings. The van der Waals surface area contributed by atoms with Crippen molar-refractivity contribution in [2.75, 3.05) is 26.8 Å². The van der Waals surface area contributed by atoms with Crippen LogP contribution in [0.1, 0.15) is 32.6 Å². The lowest BCUT2D eigenvalue weighted by molar-refractivity contribution is -0.162. The van der Waals surface area contributed by atoms with Crippen LogP contribution in [0.15, 0.2) is 40.1 Å². The normalized spacial score (nSPS) is 27.7. The molecule has 2 aliphatic carbocycles. The number of hydrogen-bond donors (Lipinski definition) is 1. The van der Waals surface area contributed by atoms with Crippen molar-refractivity contribution in [2.24, 2.45) is 10.9 Å².